The highest BCUT2D eigenvalue weighted by molar-refractivity contribution is 5.89. The fourth-order valence-corrected chi connectivity index (χ4v) is 2.13. The molecule has 0 radical (unpaired) electrons. The molecule has 0 spiro atoms. The van der Waals surface area contributed by atoms with Crippen molar-refractivity contribution in [3.05, 3.63) is 58.7 Å². The monoisotopic (exact) mass is 298 g/mol. The lowest BCUT2D eigenvalue weighted by molar-refractivity contribution is 0.234. The van der Waals surface area contributed by atoms with Crippen LogP contribution in [0, 0.1) is 27.7 Å². The van der Waals surface area contributed by atoms with Crippen LogP contribution < -0.4 is 15.4 Å². The number of nitrogens with one attached hydrogen (secondary N) is 2. The van der Waals surface area contributed by atoms with Gasteiger partial charge in [-0.05, 0) is 56.5 Å². The molecule has 0 aromatic heterocycles. The van der Waals surface area contributed by atoms with Gasteiger partial charge in [0, 0.05) is 5.69 Å². The predicted octanol–water partition coefficient (Wildman–Crippen LogP) is 4.08. The van der Waals surface area contributed by atoms with Crippen molar-refractivity contribution in [3.63, 3.8) is 0 Å². The maximum Gasteiger partial charge on any atom is 0.321 e. The van der Waals surface area contributed by atoms with Gasteiger partial charge in [-0.25, -0.2) is 4.79 Å². The lowest BCUT2D eigenvalue weighted by atomic mass is 10.1. The minimum Gasteiger partial charge on any atom is -0.473 e. The number of carbonyl (C=O) groups is 1. The lowest BCUT2D eigenvalue weighted by Crippen LogP contribution is -2.32. The minimum atomic E-state index is -0.285. The zero-order valence-corrected chi connectivity index (χ0v) is 13.5. The Bertz CT molecular complexity index is 664. The number of ether oxygens (including phenoxy) is 1. The molecule has 4 heteroatoms. The van der Waals surface area contributed by atoms with Gasteiger partial charge in [0.1, 0.15) is 5.75 Å². The van der Waals surface area contributed by atoms with Gasteiger partial charge < -0.3 is 15.4 Å². The van der Waals surface area contributed by atoms with Crippen LogP contribution in [0.1, 0.15) is 22.3 Å². The number of hydrogen-bond acceptors (Lipinski definition) is 2. The SMILES string of the molecule is Cc1ccc(NC(=O)NCOc2c(C)ccc(C)c2C)cc1. The van der Waals surface area contributed by atoms with Crippen molar-refractivity contribution in [3.8, 4) is 5.75 Å². The lowest BCUT2D eigenvalue weighted by Gasteiger charge is -2.14. The first-order valence-corrected chi connectivity index (χ1v) is 7.28. The van der Waals surface area contributed by atoms with Crippen LogP contribution in [-0.2, 0) is 0 Å². The Morgan fingerprint density at radius 3 is 2.27 bits per heavy atom. The topological polar surface area (TPSA) is 50.4 Å². The molecular formula is C18H22N2O2. The van der Waals surface area contributed by atoms with Crippen molar-refractivity contribution >= 4 is 11.7 Å². The molecule has 0 fully saturated rings. The van der Waals surface area contributed by atoms with Crippen LogP contribution in [0.4, 0.5) is 10.5 Å². The number of rotatable bonds is 4. The highest BCUT2D eigenvalue weighted by Gasteiger charge is 2.07. The molecule has 2 rings (SSSR count). The quantitative estimate of drug-likeness (QED) is 0.836. The molecule has 0 saturated heterocycles. The van der Waals surface area contributed by atoms with E-state index in [2.05, 4.69) is 16.7 Å². The summed E-state index contributed by atoms with van der Waals surface area (Å²) >= 11 is 0. The summed E-state index contributed by atoms with van der Waals surface area (Å²) in [4.78, 5) is 11.8. The fourth-order valence-electron chi connectivity index (χ4n) is 2.13. The Labute approximate surface area is 131 Å². The van der Waals surface area contributed by atoms with E-state index in [4.69, 9.17) is 4.74 Å². The molecule has 0 aliphatic rings. The van der Waals surface area contributed by atoms with Crippen LogP contribution in [0.15, 0.2) is 36.4 Å². The normalized spacial score (nSPS) is 10.2. The van der Waals surface area contributed by atoms with Crippen LogP contribution in [0.2, 0.25) is 0 Å². The van der Waals surface area contributed by atoms with Gasteiger partial charge in [-0.2, -0.15) is 0 Å². The van der Waals surface area contributed by atoms with Crippen LogP contribution in [0.5, 0.6) is 5.75 Å². The Kier molecular flexibility index (Phi) is 5.04. The van der Waals surface area contributed by atoms with E-state index in [0.717, 1.165) is 28.1 Å². The van der Waals surface area contributed by atoms with E-state index >= 15 is 0 Å². The second-order valence-corrected chi connectivity index (χ2v) is 5.44. The maximum atomic E-state index is 11.8. The number of aryl methyl sites for hydroxylation is 3. The first kappa shape index (κ1) is 15.9. The summed E-state index contributed by atoms with van der Waals surface area (Å²) in [5.41, 5.74) is 5.24. The van der Waals surface area contributed by atoms with Gasteiger partial charge in [-0.1, -0.05) is 29.8 Å². The van der Waals surface area contributed by atoms with E-state index in [1.54, 1.807) is 0 Å². The van der Waals surface area contributed by atoms with Crippen LogP contribution in [-0.4, -0.2) is 12.8 Å². The minimum absolute atomic E-state index is 0.128. The van der Waals surface area contributed by atoms with Gasteiger partial charge in [0.2, 0.25) is 0 Å². The largest absolute Gasteiger partial charge is 0.473 e. The van der Waals surface area contributed by atoms with Gasteiger partial charge in [0.15, 0.2) is 6.73 Å². The van der Waals surface area contributed by atoms with E-state index in [9.17, 15) is 4.79 Å². The van der Waals surface area contributed by atoms with Gasteiger partial charge >= 0.3 is 6.03 Å². The molecule has 0 aliphatic heterocycles. The second-order valence-electron chi connectivity index (χ2n) is 5.44. The molecule has 0 saturated carbocycles. The molecular weight excluding hydrogens is 276 g/mol. The Hall–Kier alpha value is -2.49. The second kappa shape index (κ2) is 6.98. The highest BCUT2D eigenvalue weighted by Crippen LogP contribution is 2.25. The van der Waals surface area contributed by atoms with Crippen LogP contribution in [0.3, 0.4) is 0 Å². The highest BCUT2D eigenvalue weighted by atomic mass is 16.5. The van der Waals surface area contributed by atoms with Gasteiger partial charge in [-0.3, -0.25) is 0 Å². The average Bonchev–Trinajstić information content (AvgIpc) is 2.49. The molecule has 22 heavy (non-hydrogen) atoms. The smallest absolute Gasteiger partial charge is 0.321 e. The molecule has 0 atom stereocenters. The van der Waals surface area contributed by atoms with Crippen molar-refractivity contribution < 1.29 is 9.53 Å². The molecule has 116 valence electrons. The van der Waals surface area contributed by atoms with Gasteiger partial charge in [0.25, 0.3) is 0 Å². The van der Waals surface area contributed by atoms with Crippen LogP contribution >= 0.6 is 0 Å². The summed E-state index contributed by atoms with van der Waals surface area (Å²) in [6.45, 7) is 8.18. The van der Waals surface area contributed by atoms with E-state index in [-0.39, 0.29) is 12.8 Å². The average molecular weight is 298 g/mol. The standard InChI is InChI=1S/C18H22N2O2/c1-12-5-9-16(10-6-12)20-18(21)19-11-22-17-14(3)8-7-13(2)15(17)4/h5-10H,11H2,1-4H3,(H2,19,20,21). The van der Waals surface area contributed by atoms with Crippen molar-refractivity contribution in [1.82, 2.24) is 5.32 Å². The number of carbonyl (C=O) groups excluding carboxylic acids is 1. The van der Waals surface area contributed by atoms with Gasteiger partial charge in [0.05, 0.1) is 0 Å². The van der Waals surface area contributed by atoms with E-state index in [1.165, 1.54) is 5.56 Å². The molecule has 4 nitrogen and oxygen atoms in total. The molecule has 0 aliphatic carbocycles. The van der Waals surface area contributed by atoms with Crippen molar-refractivity contribution in [2.45, 2.75) is 27.7 Å². The summed E-state index contributed by atoms with van der Waals surface area (Å²) in [7, 11) is 0. The first-order chi connectivity index (χ1) is 10.5. The number of urea groups is 1. The van der Waals surface area contributed by atoms with E-state index < -0.39 is 0 Å². The first-order valence-electron chi connectivity index (χ1n) is 7.28. The van der Waals surface area contributed by atoms with Crippen molar-refractivity contribution in [2.24, 2.45) is 0 Å². The third kappa shape index (κ3) is 4.01. The summed E-state index contributed by atoms with van der Waals surface area (Å²) in [5.74, 6) is 0.829. The number of hydrogen-bond donors (Lipinski definition) is 2. The number of benzene rings is 2. The summed E-state index contributed by atoms with van der Waals surface area (Å²) in [6, 6.07) is 11.4. The van der Waals surface area contributed by atoms with Crippen molar-refractivity contribution in [2.75, 3.05) is 12.0 Å². The third-order valence-corrected chi connectivity index (χ3v) is 3.63. The molecule has 2 N–H and O–H groups in total. The predicted molar refractivity (Wildman–Crippen MR) is 89.5 cm³/mol. The number of anilines is 1. The Morgan fingerprint density at radius 2 is 1.59 bits per heavy atom. The van der Waals surface area contributed by atoms with Gasteiger partial charge in [-0.15, -0.1) is 0 Å². The summed E-state index contributed by atoms with van der Waals surface area (Å²) in [6.07, 6.45) is 0. The molecule has 0 bridgehead atoms. The van der Waals surface area contributed by atoms with E-state index in [0.29, 0.717) is 0 Å². The Balaban J connectivity index is 1.87. The number of amides is 2. The molecule has 0 unspecified atom stereocenters. The molecule has 2 aromatic rings. The van der Waals surface area contributed by atoms with E-state index in [1.807, 2.05) is 58.0 Å². The summed E-state index contributed by atoms with van der Waals surface area (Å²) in [5, 5.41) is 5.46. The molecule has 2 amide bonds. The zero-order valence-electron chi connectivity index (χ0n) is 13.5. The molecule has 0 heterocycles. The summed E-state index contributed by atoms with van der Waals surface area (Å²) < 4.78 is 5.70. The Morgan fingerprint density at radius 1 is 0.955 bits per heavy atom. The van der Waals surface area contributed by atoms with Crippen molar-refractivity contribution in [1.29, 1.82) is 0 Å². The fraction of sp³-hybridized carbons (Fsp3) is 0.278. The molecule has 2 aromatic carbocycles. The zero-order chi connectivity index (χ0) is 16.1. The van der Waals surface area contributed by atoms with Crippen LogP contribution in [0.25, 0.3) is 0 Å². The maximum absolute atomic E-state index is 11.8. The third-order valence-electron chi connectivity index (χ3n) is 3.63.